The first kappa shape index (κ1) is 15.3. The Kier molecular flexibility index (Phi) is 6.62. The Balaban J connectivity index is 1.57. The lowest BCUT2D eigenvalue weighted by molar-refractivity contribution is 0.128. The van der Waals surface area contributed by atoms with Crippen molar-refractivity contribution in [2.24, 2.45) is 5.92 Å². The van der Waals surface area contributed by atoms with Crippen LogP contribution in [0.2, 0.25) is 0 Å². The third kappa shape index (κ3) is 5.05. The predicted octanol–water partition coefficient (Wildman–Crippen LogP) is 2.18. The first-order valence-electron chi connectivity index (χ1n) is 8.43. The van der Waals surface area contributed by atoms with Gasteiger partial charge in [0.2, 0.25) is 0 Å². The Morgan fingerprint density at radius 3 is 2.42 bits per heavy atom. The van der Waals surface area contributed by atoms with Crippen LogP contribution in [0, 0.1) is 5.92 Å². The maximum absolute atomic E-state index is 3.46. The van der Waals surface area contributed by atoms with E-state index >= 15 is 0 Å². The molecule has 0 aromatic rings. The van der Waals surface area contributed by atoms with Gasteiger partial charge in [0.15, 0.2) is 0 Å². The summed E-state index contributed by atoms with van der Waals surface area (Å²) in [4.78, 5) is 5.22. The second-order valence-electron chi connectivity index (χ2n) is 6.48. The van der Waals surface area contributed by atoms with Gasteiger partial charge in [-0.15, -0.1) is 0 Å². The summed E-state index contributed by atoms with van der Waals surface area (Å²) in [5.74, 6) is 0.997. The van der Waals surface area contributed by atoms with Crippen LogP contribution in [0.25, 0.3) is 0 Å². The zero-order chi connectivity index (χ0) is 13.5. The van der Waals surface area contributed by atoms with Crippen LogP contribution in [0.1, 0.15) is 45.4 Å². The van der Waals surface area contributed by atoms with Gasteiger partial charge in [-0.05, 0) is 90.8 Å². The number of piperidine rings is 2. The van der Waals surface area contributed by atoms with E-state index in [4.69, 9.17) is 0 Å². The Morgan fingerprint density at radius 2 is 1.79 bits per heavy atom. The maximum Gasteiger partial charge on any atom is 0.0117 e. The minimum Gasteiger partial charge on any atom is -0.317 e. The van der Waals surface area contributed by atoms with E-state index in [2.05, 4.69) is 29.1 Å². The molecular weight excluding hydrogens is 234 g/mol. The molecule has 0 aliphatic carbocycles. The first-order chi connectivity index (χ1) is 9.29. The molecule has 0 radical (unpaired) electrons. The Morgan fingerprint density at radius 1 is 1.11 bits per heavy atom. The third-order valence-corrected chi connectivity index (χ3v) is 5.21. The van der Waals surface area contributed by atoms with Crippen LogP contribution in [0.15, 0.2) is 0 Å². The highest BCUT2D eigenvalue weighted by atomic mass is 15.2. The van der Waals surface area contributed by atoms with Crippen LogP contribution in [0.4, 0.5) is 0 Å². The van der Waals surface area contributed by atoms with Gasteiger partial charge in [-0.25, -0.2) is 0 Å². The normalized spacial score (nSPS) is 24.2. The van der Waals surface area contributed by atoms with E-state index in [9.17, 15) is 0 Å². The predicted molar refractivity (Wildman–Crippen MR) is 82.6 cm³/mol. The summed E-state index contributed by atoms with van der Waals surface area (Å²) in [7, 11) is 2.34. The molecule has 3 nitrogen and oxygen atoms in total. The van der Waals surface area contributed by atoms with E-state index in [0.29, 0.717) is 0 Å². The van der Waals surface area contributed by atoms with Crippen LogP contribution in [0.5, 0.6) is 0 Å². The van der Waals surface area contributed by atoms with Crippen LogP contribution < -0.4 is 5.32 Å². The summed E-state index contributed by atoms with van der Waals surface area (Å²) in [5, 5.41) is 3.46. The molecule has 0 aromatic carbocycles. The molecule has 0 bridgehead atoms. The SMILES string of the molecule is CCN1CCC(N(C)CCCC2CCNCC2)CC1. The molecule has 19 heavy (non-hydrogen) atoms. The minimum absolute atomic E-state index is 0.843. The number of nitrogens with one attached hydrogen (secondary N) is 1. The Hall–Kier alpha value is -0.120. The Labute approximate surface area is 119 Å². The number of hydrogen-bond acceptors (Lipinski definition) is 3. The van der Waals surface area contributed by atoms with E-state index in [1.807, 2.05) is 0 Å². The molecule has 2 saturated heterocycles. The summed E-state index contributed by atoms with van der Waals surface area (Å²) < 4.78 is 0. The van der Waals surface area contributed by atoms with Crippen molar-refractivity contribution < 1.29 is 0 Å². The minimum atomic E-state index is 0.843. The fourth-order valence-electron chi connectivity index (χ4n) is 3.66. The molecule has 0 amide bonds. The van der Waals surface area contributed by atoms with Crippen molar-refractivity contribution >= 4 is 0 Å². The molecule has 0 saturated carbocycles. The second kappa shape index (κ2) is 8.23. The van der Waals surface area contributed by atoms with Gasteiger partial charge in [0.05, 0.1) is 0 Å². The van der Waals surface area contributed by atoms with Gasteiger partial charge in [-0.2, -0.15) is 0 Å². The highest BCUT2D eigenvalue weighted by Gasteiger charge is 2.21. The van der Waals surface area contributed by atoms with Crippen molar-refractivity contribution in [1.29, 1.82) is 0 Å². The van der Waals surface area contributed by atoms with E-state index < -0.39 is 0 Å². The highest BCUT2D eigenvalue weighted by molar-refractivity contribution is 4.78. The fourth-order valence-corrected chi connectivity index (χ4v) is 3.66. The second-order valence-corrected chi connectivity index (χ2v) is 6.48. The molecule has 0 atom stereocenters. The van der Waals surface area contributed by atoms with Crippen LogP contribution in [-0.4, -0.2) is 62.2 Å². The Bertz CT molecular complexity index is 230. The molecule has 3 heteroatoms. The van der Waals surface area contributed by atoms with Crippen molar-refractivity contribution in [2.45, 2.75) is 51.5 Å². The summed E-state index contributed by atoms with van der Waals surface area (Å²) >= 11 is 0. The molecule has 2 aliphatic heterocycles. The smallest absolute Gasteiger partial charge is 0.0117 e. The molecule has 2 rings (SSSR count). The van der Waals surface area contributed by atoms with E-state index in [-0.39, 0.29) is 0 Å². The standard InChI is InChI=1S/C16H33N3/c1-3-19-13-8-16(9-14-19)18(2)12-4-5-15-6-10-17-11-7-15/h15-17H,3-14H2,1-2H3. The average molecular weight is 267 g/mol. The molecule has 0 unspecified atom stereocenters. The highest BCUT2D eigenvalue weighted by Crippen LogP contribution is 2.19. The van der Waals surface area contributed by atoms with Crippen molar-refractivity contribution in [3.05, 3.63) is 0 Å². The first-order valence-corrected chi connectivity index (χ1v) is 8.43. The lowest BCUT2D eigenvalue weighted by atomic mass is 9.93. The van der Waals surface area contributed by atoms with Gasteiger partial charge in [-0.3, -0.25) is 0 Å². The van der Waals surface area contributed by atoms with Crippen molar-refractivity contribution in [3.63, 3.8) is 0 Å². The van der Waals surface area contributed by atoms with Crippen molar-refractivity contribution in [3.8, 4) is 0 Å². The lowest BCUT2D eigenvalue weighted by Crippen LogP contribution is -2.43. The fraction of sp³-hybridized carbons (Fsp3) is 1.00. The summed E-state index contributed by atoms with van der Waals surface area (Å²) in [5.41, 5.74) is 0. The van der Waals surface area contributed by atoms with E-state index in [0.717, 1.165) is 12.0 Å². The summed E-state index contributed by atoms with van der Waals surface area (Å²) in [6.07, 6.45) is 8.39. The zero-order valence-corrected chi connectivity index (χ0v) is 13.0. The van der Waals surface area contributed by atoms with E-state index in [1.165, 1.54) is 77.8 Å². The van der Waals surface area contributed by atoms with Crippen LogP contribution in [0.3, 0.4) is 0 Å². The number of likely N-dealkylation sites (tertiary alicyclic amines) is 1. The number of hydrogen-bond donors (Lipinski definition) is 1. The topological polar surface area (TPSA) is 18.5 Å². The van der Waals surface area contributed by atoms with Gasteiger partial charge in [0.1, 0.15) is 0 Å². The third-order valence-electron chi connectivity index (χ3n) is 5.21. The van der Waals surface area contributed by atoms with Crippen molar-refractivity contribution in [2.75, 3.05) is 46.3 Å². The maximum atomic E-state index is 3.46. The average Bonchev–Trinajstić information content (AvgIpc) is 2.48. The number of nitrogens with zero attached hydrogens (tertiary/aromatic N) is 2. The van der Waals surface area contributed by atoms with Gasteiger partial charge in [0, 0.05) is 6.04 Å². The molecule has 2 heterocycles. The molecule has 1 N–H and O–H groups in total. The quantitative estimate of drug-likeness (QED) is 0.796. The molecule has 0 aromatic heterocycles. The zero-order valence-electron chi connectivity index (χ0n) is 13.0. The molecule has 2 fully saturated rings. The lowest BCUT2D eigenvalue weighted by Gasteiger charge is -2.36. The molecule has 2 aliphatic rings. The van der Waals surface area contributed by atoms with Crippen LogP contribution in [-0.2, 0) is 0 Å². The van der Waals surface area contributed by atoms with Gasteiger partial charge < -0.3 is 15.1 Å². The van der Waals surface area contributed by atoms with E-state index in [1.54, 1.807) is 0 Å². The molecule has 0 spiro atoms. The van der Waals surface area contributed by atoms with Gasteiger partial charge >= 0.3 is 0 Å². The summed E-state index contributed by atoms with van der Waals surface area (Å²) in [6.45, 7) is 9.92. The molecule has 112 valence electrons. The molecular formula is C16H33N3. The van der Waals surface area contributed by atoms with Gasteiger partial charge in [0.25, 0.3) is 0 Å². The number of rotatable bonds is 6. The summed E-state index contributed by atoms with van der Waals surface area (Å²) in [6, 6.07) is 0.843. The largest absolute Gasteiger partial charge is 0.317 e. The monoisotopic (exact) mass is 267 g/mol. The van der Waals surface area contributed by atoms with Crippen LogP contribution >= 0.6 is 0 Å². The van der Waals surface area contributed by atoms with Gasteiger partial charge in [-0.1, -0.05) is 6.92 Å². The van der Waals surface area contributed by atoms with Crippen molar-refractivity contribution in [1.82, 2.24) is 15.1 Å².